The van der Waals surface area contributed by atoms with Crippen molar-refractivity contribution in [2.45, 2.75) is 38.5 Å². The van der Waals surface area contributed by atoms with Gasteiger partial charge < -0.3 is 10.6 Å². The van der Waals surface area contributed by atoms with Crippen molar-refractivity contribution in [3.05, 3.63) is 35.6 Å². The molecule has 2 rings (SSSR count). The Kier molecular flexibility index (Phi) is 5.21. The van der Waals surface area contributed by atoms with Gasteiger partial charge in [-0.3, -0.25) is 4.99 Å². The van der Waals surface area contributed by atoms with Crippen LogP contribution in [0.2, 0.25) is 0 Å². The van der Waals surface area contributed by atoms with Gasteiger partial charge in [0.15, 0.2) is 5.96 Å². The van der Waals surface area contributed by atoms with Gasteiger partial charge in [0.2, 0.25) is 0 Å². The summed E-state index contributed by atoms with van der Waals surface area (Å²) in [6.07, 6.45) is 3.42. The Labute approximate surface area is 127 Å². The van der Waals surface area contributed by atoms with Crippen LogP contribution in [0.15, 0.2) is 29.3 Å². The lowest BCUT2D eigenvalue weighted by Crippen LogP contribution is -2.41. The third kappa shape index (κ3) is 4.45. The number of hydrogen-bond donors (Lipinski definition) is 2. The van der Waals surface area contributed by atoms with Crippen LogP contribution in [-0.4, -0.2) is 26.1 Å². The Balaban J connectivity index is 1.85. The average molecular weight is 291 g/mol. The molecule has 1 aliphatic rings. The van der Waals surface area contributed by atoms with Crippen molar-refractivity contribution in [1.29, 1.82) is 0 Å². The maximum atomic E-state index is 13.0. The fraction of sp³-hybridized carbons (Fsp3) is 0.588. The van der Waals surface area contributed by atoms with Crippen LogP contribution in [0.1, 0.15) is 38.7 Å². The Morgan fingerprint density at radius 1 is 1.24 bits per heavy atom. The zero-order valence-corrected chi connectivity index (χ0v) is 13.2. The van der Waals surface area contributed by atoms with Crippen LogP contribution in [0.25, 0.3) is 0 Å². The van der Waals surface area contributed by atoms with Crippen molar-refractivity contribution in [2.75, 3.05) is 20.1 Å². The SMILES string of the molecule is CN=C(NCCC(C)C)NCC1(c2ccc(F)cc2)CC1. The molecule has 2 N–H and O–H groups in total. The highest BCUT2D eigenvalue weighted by Crippen LogP contribution is 2.47. The van der Waals surface area contributed by atoms with Crippen molar-refractivity contribution in [1.82, 2.24) is 10.6 Å². The van der Waals surface area contributed by atoms with Gasteiger partial charge in [0.05, 0.1) is 0 Å². The minimum Gasteiger partial charge on any atom is -0.356 e. The van der Waals surface area contributed by atoms with Gasteiger partial charge in [0, 0.05) is 25.6 Å². The second-order valence-corrected chi connectivity index (χ2v) is 6.32. The van der Waals surface area contributed by atoms with Gasteiger partial charge in [-0.25, -0.2) is 4.39 Å². The van der Waals surface area contributed by atoms with E-state index in [0.29, 0.717) is 5.92 Å². The average Bonchev–Trinajstić information content (AvgIpc) is 3.24. The van der Waals surface area contributed by atoms with E-state index < -0.39 is 0 Å². The minimum absolute atomic E-state index is 0.156. The van der Waals surface area contributed by atoms with E-state index in [1.165, 1.54) is 5.56 Å². The Morgan fingerprint density at radius 3 is 2.43 bits per heavy atom. The van der Waals surface area contributed by atoms with Crippen molar-refractivity contribution in [2.24, 2.45) is 10.9 Å². The largest absolute Gasteiger partial charge is 0.356 e. The fourth-order valence-electron chi connectivity index (χ4n) is 2.47. The first-order valence-electron chi connectivity index (χ1n) is 7.76. The molecule has 0 amide bonds. The molecule has 1 aliphatic carbocycles. The molecule has 21 heavy (non-hydrogen) atoms. The van der Waals surface area contributed by atoms with Crippen LogP contribution < -0.4 is 10.6 Å². The molecule has 0 radical (unpaired) electrons. The molecule has 1 fully saturated rings. The summed E-state index contributed by atoms with van der Waals surface area (Å²) >= 11 is 0. The molecule has 1 aromatic rings. The minimum atomic E-state index is -0.173. The van der Waals surface area contributed by atoms with Gasteiger partial charge in [-0.1, -0.05) is 26.0 Å². The van der Waals surface area contributed by atoms with E-state index in [-0.39, 0.29) is 11.2 Å². The van der Waals surface area contributed by atoms with E-state index in [4.69, 9.17) is 0 Å². The predicted octanol–water partition coefficient (Wildman–Crippen LogP) is 3.07. The fourth-order valence-corrected chi connectivity index (χ4v) is 2.47. The molecule has 116 valence electrons. The van der Waals surface area contributed by atoms with Crippen molar-refractivity contribution < 1.29 is 4.39 Å². The summed E-state index contributed by atoms with van der Waals surface area (Å²) in [7, 11) is 1.79. The van der Waals surface area contributed by atoms with E-state index in [1.54, 1.807) is 19.2 Å². The highest BCUT2D eigenvalue weighted by Gasteiger charge is 2.44. The highest BCUT2D eigenvalue weighted by molar-refractivity contribution is 5.79. The number of hydrogen-bond acceptors (Lipinski definition) is 1. The summed E-state index contributed by atoms with van der Waals surface area (Å²) in [6, 6.07) is 6.90. The molecule has 0 heterocycles. The number of rotatable bonds is 6. The van der Waals surface area contributed by atoms with Gasteiger partial charge in [0.1, 0.15) is 5.82 Å². The third-order valence-electron chi connectivity index (χ3n) is 4.14. The predicted molar refractivity (Wildman–Crippen MR) is 86.1 cm³/mol. The van der Waals surface area contributed by atoms with Crippen LogP contribution in [0, 0.1) is 11.7 Å². The Bertz CT molecular complexity index is 475. The molecule has 4 heteroatoms. The van der Waals surface area contributed by atoms with E-state index in [2.05, 4.69) is 29.5 Å². The normalized spacial score (nSPS) is 16.9. The molecule has 0 saturated heterocycles. The molecular weight excluding hydrogens is 265 g/mol. The number of nitrogens with one attached hydrogen (secondary N) is 2. The molecule has 0 aromatic heterocycles. The zero-order valence-electron chi connectivity index (χ0n) is 13.2. The van der Waals surface area contributed by atoms with Crippen molar-refractivity contribution >= 4 is 5.96 Å². The smallest absolute Gasteiger partial charge is 0.191 e. The molecule has 1 saturated carbocycles. The van der Waals surface area contributed by atoms with E-state index in [9.17, 15) is 4.39 Å². The van der Waals surface area contributed by atoms with Crippen LogP contribution in [0.4, 0.5) is 4.39 Å². The summed E-state index contributed by atoms with van der Waals surface area (Å²) < 4.78 is 13.0. The summed E-state index contributed by atoms with van der Waals surface area (Å²) in [4.78, 5) is 4.26. The second kappa shape index (κ2) is 6.92. The topological polar surface area (TPSA) is 36.4 Å². The number of benzene rings is 1. The summed E-state index contributed by atoms with van der Waals surface area (Å²) in [5.74, 6) is 1.36. The van der Waals surface area contributed by atoms with Gasteiger partial charge in [-0.05, 0) is 42.9 Å². The number of guanidine groups is 1. The van der Waals surface area contributed by atoms with E-state index in [0.717, 1.165) is 38.3 Å². The Morgan fingerprint density at radius 2 is 1.90 bits per heavy atom. The molecule has 0 atom stereocenters. The van der Waals surface area contributed by atoms with Crippen LogP contribution in [-0.2, 0) is 5.41 Å². The molecular formula is C17H26FN3. The highest BCUT2D eigenvalue weighted by atomic mass is 19.1. The lowest BCUT2D eigenvalue weighted by Gasteiger charge is -2.19. The summed E-state index contributed by atoms with van der Waals surface area (Å²) in [5, 5.41) is 6.74. The van der Waals surface area contributed by atoms with Gasteiger partial charge in [0.25, 0.3) is 0 Å². The molecule has 0 unspecified atom stereocenters. The summed E-state index contributed by atoms with van der Waals surface area (Å²) in [6.45, 7) is 6.21. The van der Waals surface area contributed by atoms with E-state index >= 15 is 0 Å². The number of nitrogens with zero attached hydrogens (tertiary/aromatic N) is 1. The van der Waals surface area contributed by atoms with Crippen molar-refractivity contribution in [3.8, 4) is 0 Å². The van der Waals surface area contributed by atoms with Gasteiger partial charge >= 0.3 is 0 Å². The Hall–Kier alpha value is -1.58. The monoisotopic (exact) mass is 291 g/mol. The van der Waals surface area contributed by atoms with Crippen LogP contribution >= 0.6 is 0 Å². The first-order valence-corrected chi connectivity index (χ1v) is 7.76. The first kappa shape index (κ1) is 15.8. The second-order valence-electron chi connectivity index (χ2n) is 6.32. The first-order chi connectivity index (χ1) is 10.1. The quantitative estimate of drug-likeness (QED) is 0.624. The van der Waals surface area contributed by atoms with E-state index in [1.807, 2.05) is 12.1 Å². The number of aliphatic imine (C=N–C) groups is 1. The maximum Gasteiger partial charge on any atom is 0.191 e. The lowest BCUT2D eigenvalue weighted by atomic mass is 9.96. The summed E-state index contributed by atoms with van der Waals surface area (Å²) in [5.41, 5.74) is 1.37. The van der Waals surface area contributed by atoms with Crippen LogP contribution in [0.5, 0.6) is 0 Å². The maximum absolute atomic E-state index is 13.0. The van der Waals surface area contributed by atoms with Crippen LogP contribution in [0.3, 0.4) is 0 Å². The molecule has 1 aromatic carbocycles. The molecule has 0 bridgehead atoms. The molecule has 0 aliphatic heterocycles. The van der Waals surface area contributed by atoms with Gasteiger partial charge in [-0.15, -0.1) is 0 Å². The third-order valence-corrected chi connectivity index (χ3v) is 4.14. The number of halogens is 1. The zero-order chi connectivity index (χ0) is 15.3. The lowest BCUT2D eigenvalue weighted by molar-refractivity contribution is 0.569. The van der Waals surface area contributed by atoms with Gasteiger partial charge in [-0.2, -0.15) is 0 Å². The standard InChI is InChI=1S/C17H26FN3/c1-13(2)8-11-20-16(19-3)21-12-17(9-10-17)14-4-6-15(18)7-5-14/h4-7,13H,8-12H2,1-3H3,(H2,19,20,21). The molecule has 3 nitrogen and oxygen atoms in total. The van der Waals surface area contributed by atoms with Crippen molar-refractivity contribution in [3.63, 3.8) is 0 Å². The molecule has 0 spiro atoms.